The smallest absolute Gasteiger partial charge is 0.253 e. The van der Waals surface area contributed by atoms with Gasteiger partial charge >= 0.3 is 0 Å². The minimum atomic E-state index is -0.0959. The number of rotatable bonds is 8. The van der Waals surface area contributed by atoms with Crippen molar-refractivity contribution in [3.8, 4) is 0 Å². The molecule has 2 heterocycles. The molecule has 8 heteroatoms. The lowest BCUT2D eigenvalue weighted by molar-refractivity contribution is -0.114. The van der Waals surface area contributed by atoms with E-state index in [2.05, 4.69) is 10.2 Å². The van der Waals surface area contributed by atoms with Crippen molar-refractivity contribution < 1.29 is 9.59 Å². The Kier molecular flexibility index (Phi) is 8.69. The lowest BCUT2D eigenvalue weighted by Gasteiger charge is -2.32. The summed E-state index contributed by atoms with van der Waals surface area (Å²) in [6, 6.07) is 23.0. The fourth-order valence-electron chi connectivity index (χ4n) is 5.44. The first-order chi connectivity index (χ1) is 19.3. The van der Waals surface area contributed by atoms with Gasteiger partial charge in [0.05, 0.1) is 21.2 Å². The van der Waals surface area contributed by atoms with Crippen molar-refractivity contribution in [3.05, 3.63) is 105 Å². The van der Waals surface area contributed by atoms with Gasteiger partial charge in [-0.2, -0.15) is 0 Å². The standard InChI is InChI=1S/C32H32Cl2N4O2/c1-21(39)35-31-25-10-6-7-11-29(25)36-30-15-17-38(20-26(30)31)16-14-24(23-12-13-27(33)28(34)18-23)19-37(2)32(40)22-8-4-3-5-9-22/h3-13,18,24H,14-17,19-20H2,1-2H3,(H,35,36,39). The second-order valence-corrected chi connectivity index (χ2v) is 11.2. The van der Waals surface area contributed by atoms with E-state index < -0.39 is 0 Å². The Bertz CT molecular complexity index is 1540. The highest BCUT2D eigenvalue weighted by molar-refractivity contribution is 6.42. The van der Waals surface area contributed by atoms with Crippen molar-refractivity contribution >= 4 is 51.6 Å². The van der Waals surface area contributed by atoms with Gasteiger partial charge in [-0.25, -0.2) is 0 Å². The van der Waals surface area contributed by atoms with Crippen molar-refractivity contribution in [2.45, 2.75) is 32.2 Å². The lowest BCUT2D eigenvalue weighted by atomic mass is 9.93. The third kappa shape index (κ3) is 6.30. The predicted octanol–water partition coefficient (Wildman–Crippen LogP) is 6.80. The number of benzene rings is 3. The number of likely N-dealkylation sites (N-methyl/N-ethyl adjacent to an activating group) is 1. The number of aromatic nitrogens is 1. The summed E-state index contributed by atoms with van der Waals surface area (Å²) < 4.78 is 0. The van der Waals surface area contributed by atoms with Gasteiger partial charge in [0.25, 0.3) is 5.91 Å². The van der Waals surface area contributed by atoms with Gasteiger partial charge in [0.1, 0.15) is 0 Å². The summed E-state index contributed by atoms with van der Waals surface area (Å²) in [4.78, 5) is 34.3. The summed E-state index contributed by atoms with van der Waals surface area (Å²) in [5.41, 5.74) is 5.56. The lowest BCUT2D eigenvalue weighted by Crippen LogP contribution is -2.35. The van der Waals surface area contributed by atoms with Crippen molar-refractivity contribution in [3.63, 3.8) is 0 Å². The molecule has 1 aliphatic heterocycles. The highest BCUT2D eigenvalue weighted by Crippen LogP contribution is 2.34. The molecule has 0 saturated heterocycles. The number of fused-ring (bicyclic) bond motifs is 2. The Morgan fingerprint density at radius 2 is 1.77 bits per heavy atom. The van der Waals surface area contributed by atoms with Gasteiger partial charge in [0.2, 0.25) is 5.91 Å². The molecule has 206 valence electrons. The van der Waals surface area contributed by atoms with Gasteiger partial charge in [-0.3, -0.25) is 19.5 Å². The molecule has 0 fully saturated rings. The number of hydrogen-bond donors (Lipinski definition) is 1. The average molecular weight is 576 g/mol. The maximum absolute atomic E-state index is 13.1. The Morgan fingerprint density at radius 1 is 1.02 bits per heavy atom. The molecule has 1 atom stereocenters. The second kappa shape index (κ2) is 12.4. The molecular formula is C32H32Cl2N4O2. The van der Waals surface area contributed by atoms with Crippen molar-refractivity contribution in [2.75, 3.05) is 32.0 Å². The zero-order chi connectivity index (χ0) is 28.2. The fourth-order valence-corrected chi connectivity index (χ4v) is 5.74. The fraction of sp³-hybridized carbons (Fsp3) is 0.281. The molecule has 0 spiro atoms. The predicted molar refractivity (Wildman–Crippen MR) is 162 cm³/mol. The van der Waals surface area contributed by atoms with E-state index in [4.69, 9.17) is 28.2 Å². The molecule has 0 bridgehead atoms. The third-order valence-electron chi connectivity index (χ3n) is 7.50. The van der Waals surface area contributed by atoms with E-state index in [0.29, 0.717) is 28.7 Å². The molecule has 1 unspecified atom stereocenters. The quantitative estimate of drug-likeness (QED) is 0.251. The van der Waals surface area contributed by atoms with Crippen LogP contribution in [-0.2, 0) is 17.8 Å². The largest absolute Gasteiger partial charge is 0.341 e. The van der Waals surface area contributed by atoms with Gasteiger partial charge < -0.3 is 10.2 Å². The minimum Gasteiger partial charge on any atom is -0.341 e. The van der Waals surface area contributed by atoms with Gasteiger partial charge in [0, 0.05) is 68.2 Å². The van der Waals surface area contributed by atoms with Crippen molar-refractivity contribution in [1.82, 2.24) is 14.8 Å². The van der Waals surface area contributed by atoms with Gasteiger partial charge in [-0.05, 0) is 48.9 Å². The molecule has 0 aliphatic carbocycles. The molecule has 1 N–H and O–H groups in total. The highest BCUT2D eigenvalue weighted by atomic mass is 35.5. The Labute approximate surface area is 244 Å². The number of carbonyl (C=O) groups is 2. The van der Waals surface area contributed by atoms with Gasteiger partial charge in [-0.1, -0.05) is 65.7 Å². The van der Waals surface area contributed by atoms with E-state index in [1.54, 1.807) is 4.90 Å². The Balaban J connectivity index is 1.37. The van der Waals surface area contributed by atoms with Crippen LogP contribution in [-0.4, -0.2) is 53.3 Å². The molecule has 4 aromatic rings. The Morgan fingerprint density at radius 3 is 2.52 bits per heavy atom. The summed E-state index contributed by atoms with van der Waals surface area (Å²) in [6.45, 7) is 4.45. The summed E-state index contributed by atoms with van der Waals surface area (Å²) in [7, 11) is 1.84. The summed E-state index contributed by atoms with van der Waals surface area (Å²) in [6.07, 6.45) is 1.62. The van der Waals surface area contributed by atoms with Crippen LogP contribution in [0.2, 0.25) is 10.0 Å². The summed E-state index contributed by atoms with van der Waals surface area (Å²) in [5, 5.41) is 5.04. The van der Waals surface area contributed by atoms with E-state index >= 15 is 0 Å². The van der Waals surface area contributed by atoms with Crippen LogP contribution in [0.3, 0.4) is 0 Å². The SMILES string of the molecule is CC(=O)Nc1c2c(nc3ccccc13)CCN(CCC(CN(C)C(=O)c1ccccc1)c1ccc(Cl)c(Cl)c1)C2. The number of amides is 2. The van der Waals surface area contributed by atoms with E-state index in [1.807, 2.05) is 79.8 Å². The molecule has 1 aromatic heterocycles. The average Bonchev–Trinajstić information content (AvgIpc) is 2.96. The third-order valence-corrected chi connectivity index (χ3v) is 8.24. The monoisotopic (exact) mass is 574 g/mol. The maximum atomic E-state index is 13.1. The molecule has 40 heavy (non-hydrogen) atoms. The molecule has 2 amide bonds. The number of nitrogens with zero attached hydrogens (tertiary/aromatic N) is 3. The maximum Gasteiger partial charge on any atom is 0.253 e. The first kappa shape index (κ1) is 28.1. The molecule has 0 radical (unpaired) electrons. The molecule has 6 nitrogen and oxygen atoms in total. The second-order valence-electron chi connectivity index (χ2n) is 10.3. The number of halogens is 2. The van der Waals surface area contributed by atoms with E-state index in [1.165, 1.54) is 6.92 Å². The summed E-state index contributed by atoms with van der Waals surface area (Å²) in [5.74, 6) is -0.0599. The molecule has 5 rings (SSSR count). The van der Waals surface area contributed by atoms with Crippen LogP contribution in [0.4, 0.5) is 5.69 Å². The first-order valence-electron chi connectivity index (χ1n) is 13.5. The van der Waals surface area contributed by atoms with Crippen LogP contribution in [0, 0.1) is 0 Å². The van der Waals surface area contributed by atoms with E-state index in [9.17, 15) is 9.59 Å². The zero-order valence-corrected chi connectivity index (χ0v) is 24.2. The molecule has 0 saturated carbocycles. The number of carbonyl (C=O) groups excluding carboxylic acids is 2. The van der Waals surface area contributed by atoms with Gasteiger partial charge in [0.15, 0.2) is 0 Å². The normalized spacial score (nSPS) is 14.0. The highest BCUT2D eigenvalue weighted by Gasteiger charge is 2.25. The number of nitrogens with one attached hydrogen (secondary N) is 1. The van der Waals surface area contributed by atoms with Crippen molar-refractivity contribution in [2.24, 2.45) is 0 Å². The topological polar surface area (TPSA) is 65.5 Å². The van der Waals surface area contributed by atoms with E-state index in [-0.39, 0.29) is 17.7 Å². The summed E-state index contributed by atoms with van der Waals surface area (Å²) >= 11 is 12.6. The van der Waals surface area contributed by atoms with Crippen LogP contribution in [0.25, 0.3) is 10.9 Å². The van der Waals surface area contributed by atoms with Crippen LogP contribution in [0.1, 0.15) is 46.4 Å². The number of hydrogen-bond acceptors (Lipinski definition) is 4. The van der Waals surface area contributed by atoms with Crippen molar-refractivity contribution in [1.29, 1.82) is 0 Å². The number of anilines is 1. The van der Waals surface area contributed by atoms with E-state index in [0.717, 1.165) is 59.3 Å². The van der Waals surface area contributed by atoms with Crippen LogP contribution >= 0.6 is 23.2 Å². The molecular weight excluding hydrogens is 543 g/mol. The number of para-hydroxylation sites is 1. The molecule has 1 aliphatic rings. The molecule has 3 aromatic carbocycles. The van der Waals surface area contributed by atoms with Crippen LogP contribution in [0.15, 0.2) is 72.8 Å². The first-order valence-corrected chi connectivity index (χ1v) is 14.2. The van der Waals surface area contributed by atoms with Gasteiger partial charge in [-0.15, -0.1) is 0 Å². The minimum absolute atomic E-state index is 0.0181. The van der Waals surface area contributed by atoms with Crippen LogP contribution < -0.4 is 5.32 Å². The van der Waals surface area contributed by atoms with Crippen LogP contribution in [0.5, 0.6) is 0 Å². The number of pyridine rings is 1. The zero-order valence-electron chi connectivity index (χ0n) is 22.7. The Hall–Kier alpha value is -3.45.